The van der Waals surface area contributed by atoms with E-state index in [4.69, 9.17) is 9.97 Å². The summed E-state index contributed by atoms with van der Waals surface area (Å²) >= 11 is 3.43. The number of anilines is 1. The molecule has 1 fully saturated rings. The fraction of sp³-hybridized carbons (Fsp3) is 0.500. The Balaban J connectivity index is 1.61. The molecule has 0 unspecified atom stereocenters. The molecule has 3 aromatic heterocycles. The first kappa shape index (κ1) is 21.2. The van der Waals surface area contributed by atoms with E-state index in [0.29, 0.717) is 6.54 Å². The first-order chi connectivity index (χ1) is 14.4. The summed E-state index contributed by atoms with van der Waals surface area (Å²) < 4.78 is 0. The molecule has 0 aromatic carbocycles. The maximum Gasteiger partial charge on any atom is 0.234 e. The van der Waals surface area contributed by atoms with E-state index in [9.17, 15) is 4.79 Å². The van der Waals surface area contributed by atoms with Crippen molar-refractivity contribution in [3.8, 4) is 10.7 Å². The number of carbonyl (C=O) groups excluding carboxylic acids is 1. The minimum Gasteiger partial charge on any atom is -0.355 e. The van der Waals surface area contributed by atoms with Crippen LogP contribution in [0.4, 0.5) is 5.82 Å². The van der Waals surface area contributed by atoms with Gasteiger partial charge in [-0.2, -0.15) is 0 Å². The molecular weight excluding hydrogens is 414 g/mol. The highest BCUT2D eigenvalue weighted by Crippen LogP contribution is 2.37. The summed E-state index contributed by atoms with van der Waals surface area (Å²) in [5, 5.41) is 6.25. The number of fused-ring (bicyclic) bond motifs is 1. The molecule has 0 bridgehead atoms. The third-order valence-corrected chi connectivity index (χ3v) is 7.42. The van der Waals surface area contributed by atoms with Crippen LogP contribution in [0, 0.1) is 13.8 Å². The zero-order valence-electron chi connectivity index (χ0n) is 18.1. The molecule has 6 nitrogen and oxygen atoms in total. The number of amides is 1. The SMILES string of the molecule is Cc1sc2nc(-c3cccs3)nc(N3CCCN(CC(=O)NC(C)C)CC3)c2c1C. The average Bonchev–Trinajstić information content (AvgIpc) is 3.25. The molecule has 0 radical (unpaired) electrons. The predicted octanol–water partition coefficient (Wildman–Crippen LogP) is 4.07. The lowest BCUT2D eigenvalue weighted by Gasteiger charge is -2.24. The Labute approximate surface area is 185 Å². The van der Waals surface area contributed by atoms with Gasteiger partial charge in [-0.25, -0.2) is 9.97 Å². The molecule has 8 heteroatoms. The Morgan fingerprint density at radius 1 is 1.20 bits per heavy atom. The van der Waals surface area contributed by atoms with Crippen LogP contribution >= 0.6 is 22.7 Å². The van der Waals surface area contributed by atoms with Gasteiger partial charge in [0.2, 0.25) is 5.91 Å². The minimum atomic E-state index is 0.104. The Hall–Kier alpha value is -2.03. The van der Waals surface area contributed by atoms with Crippen LogP contribution in [-0.2, 0) is 4.79 Å². The van der Waals surface area contributed by atoms with Gasteiger partial charge in [-0.1, -0.05) is 6.07 Å². The molecule has 0 atom stereocenters. The molecule has 1 amide bonds. The van der Waals surface area contributed by atoms with Crippen molar-refractivity contribution in [1.29, 1.82) is 0 Å². The second-order valence-corrected chi connectivity index (χ2v) is 10.3. The van der Waals surface area contributed by atoms with Gasteiger partial charge in [0.15, 0.2) is 5.82 Å². The van der Waals surface area contributed by atoms with Gasteiger partial charge in [-0.05, 0) is 51.1 Å². The van der Waals surface area contributed by atoms with Crippen molar-refractivity contribution in [2.24, 2.45) is 0 Å². The number of thiophene rings is 2. The van der Waals surface area contributed by atoms with E-state index in [0.717, 1.165) is 53.9 Å². The first-order valence-corrected chi connectivity index (χ1v) is 12.2. The number of aryl methyl sites for hydroxylation is 2. The quantitative estimate of drug-likeness (QED) is 0.644. The van der Waals surface area contributed by atoms with Crippen molar-refractivity contribution in [2.45, 2.75) is 40.2 Å². The highest BCUT2D eigenvalue weighted by molar-refractivity contribution is 7.19. The van der Waals surface area contributed by atoms with Crippen molar-refractivity contribution in [2.75, 3.05) is 37.6 Å². The number of carbonyl (C=O) groups is 1. The van der Waals surface area contributed by atoms with Crippen molar-refractivity contribution < 1.29 is 4.79 Å². The number of aromatic nitrogens is 2. The third-order valence-electron chi connectivity index (χ3n) is 5.46. The van der Waals surface area contributed by atoms with Crippen LogP contribution in [0.15, 0.2) is 17.5 Å². The monoisotopic (exact) mass is 443 g/mol. The molecule has 1 N–H and O–H groups in total. The van der Waals surface area contributed by atoms with Gasteiger partial charge >= 0.3 is 0 Å². The van der Waals surface area contributed by atoms with Crippen molar-refractivity contribution in [3.05, 3.63) is 28.0 Å². The van der Waals surface area contributed by atoms with E-state index in [-0.39, 0.29) is 11.9 Å². The van der Waals surface area contributed by atoms with Crippen LogP contribution in [0.3, 0.4) is 0 Å². The summed E-state index contributed by atoms with van der Waals surface area (Å²) in [6.45, 7) is 12.4. The fourth-order valence-electron chi connectivity index (χ4n) is 3.88. The smallest absolute Gasteiger partial charge is 0.234 e. The van der Waals surface area contributed by atoms with E-state index in [1.807, 2.05) is 19.9 Å². The summed E-state index contributed by atoms with van der Waals surface area (Å²) in [5.74, 6) is 1.96. The molecule has 1 saturated heterocycles. The van der Waals surface area contributed by atoms with Gasteiger partial charge in [-0.15, -0.1) is 22.7 Å². The summed E-state index contributed by atoms with van der Waals surface area (Å²) in [4.78, 5) is 30.2. The first-order valence-electron chi connectivity index (χ1n) is 10.5. The largest absolute Gasteiger partial charge is 0.355 e. The van der Waals surface area contributed by atoms with Crippen LogP contribution in [-0.4, -0.2) is 59.5 Å². The van der Waals surface area contributed by atoms with Crippen LogP contribution in [0.5, 0.6) is 0 Å². The van der Waals surface area contributed by atoms with Gasteiger partial charge in [0.1, 0.15) is 10.6 Å². The minimum absolute atomic E-state index is 0.104. The second kappa shape index (κ2) is 8.99. The summed E-state index contributed by atoms with van der Waals surface area (Å²) in [7, 11) is 0. The normalized spacial score (nSPS) is 15.7. The van der Waals surface area contributed by atoms with Crippen molar-refractivity contribution in [3.63, 3.8) is 0 Å². The number of nitrogens with one attached hydrogen (secondary N) is 1. The van der Waals surface area contributed by atoms with Gasteiger partial charge in [0.05, 0.1) is 16.8 Å². The standard InChI is InChI=1S/C22H29N5OS2/c1-14(2)23-18(28)13-26-8-6-9-27(11-10-26)21-19-15(3)16(4)30-22(19)25-20(24-21)17-7-5-12-29-17/h5,7,12,14H,6,8-11,13H2,1-4H3,(H,23,28). The Morgan fingerprint density at radius 3 is 2.77 bits per heavy atom. The Kier molecular flexibility index (Phi) is 6.36. The number of hydrogen-bond donors (Lipinski definition) is 1. The molecule has 4 heterocycles. The van der Waals surface area contributed by atoms with E-state index >= 15 is 0 Å². The molecule has 160 valence electrons. The van der Waals surface area contributed by atoms with Crippen molar-refractivity contribution in [1.82, 2.24) is 20.2 Å². The molecule has 30 heavy (non-hydrogen) atoms. The molecular formula is C22H29N5OS2. The summed E-state index contributed by atoms with van der Waals surface area (Å²) in [5.41, 5.74) is 1.28. The topological polar surface area (TPSA) is 61.4 Å². The second-order valence-electron chi connectivity index (χ2n) is 8.15. The van der Waals surface area contributed by atoms with Gasteiger partial charge in [0.25, 0.3) is 0 Å². The molecule has 1 aliphatic heterocycles. The van der Waals surface area contributed by atoms with Gasteiger partial charge in [0, 0.05) is 37.1 Å². The zero-order valence-corrected chi connectivity index (χ0v) is 19.7. The van der Waals surface area contributed by atoms with E-state index in [1.54, 1.807) is 22.7 Å². The molecule has 0 spiro atoms. The maximum absolute atomic E-state index is 12.2. The number of hydrogen-bond acceptors (Lipinski definition) is 7. The van der Waals surface area contributed by atoms with Gasteiger partial charge < -0.3 is 10.2 Å². The number of rotatable bonds is 5. The van der Waals surface area contributed by atoms with Crippen LogP contribution in [0.1, 0.15) is 30.7 Å². The van der Waals surface area contributed by atoms with Crippen LogP contribution in [0.2, 0.25) is 0 Å². The molecule has 3 aromatic rings. The predicted molar refractivity (Wildman–Crippen MR) is 127 cm³/mol. The highest BCUT2D eigenvalue weighted by Gasteiger charge is 2.23. The lowest BCUT2D eigenvalue weighted by atomic mass is 10.2. The van der Waals surface area contributed by atoms with Crippen molar-refractivity contribution >= 4 is 44.6 Å². The highest BCUT2D eigenvalue weighted by atomic mass is 32.1. The summed E-state index contributed by atoms with van der Waals surface area (Å²) in [6, 6.07) is 4.31. The average molecular weight is 444 g/mol. The molecule has 0 aliphatic carbocycles. The summed E-state index contributed by atoms with van der Waals surface area (Å²) in [6.07, 6.45) is 1.01. The molecule has 0 saturated carbocycles. The van der Waals surface area contributed by atoms with E-state index < -0.39 is 0 Å². The molecule has 4 rings (SSSR count). The Bertz CT molecular complexity index is 1030. The lowest BCUT2D eigenvalue weighted by Crippen LogP contribution is -2.41. The fourth-order valence-corrected chi connectivity index (χ4v) is 5.57. The zero-order chi connectivity index (χ0) is 21.3. The van der Waals surface area contributed by atoms with Crippen LogP contribution < -0.4 is 10.2 Å². The Morgan fingerprint density at radius 2 is 2.03 bits per heavy atom. The molecule has 1 aliphatic rings. The third kappa shape index (κ3) is 4.50. The van der Waals surface area contributed by atoms with Crippen LogP contribution in [0.25, 0.3) is 20.9 Å². The maximum atomic E-state index is 12.2. The van der Waals surface area contributed by atoms with E-state index in [2.05, 4.69) is 40.4 Å². The number of nitrogens with zero attached hydrogens (tertiary/aromatic N) is 4. The lowest BCUT2D eigenvalue weighted by molar-refractivity contribution is -0.122. The van der Waals surface area contributed by atoms with Gasteiger partial charge in [-0.3, -0.25) is 9.69 Å². The van der Waals surface area contributed by atoms with E-state index in [1.165, 1.54) is 15.8 Å².